The summed E-state index contributed by atoms with van der Waals surface area (Å²) < 4.78 is 18.5. The van der Waals surface area contributed by atoms with Crippen LogP contribution >= 0.6 is 0 Å². The number of benzene rings is 3. The van der Waals surface area contributed by atoms with Gasteiger partial charge >= 0.3 is 12.0 Å². The maximum atomic E-state index is 12.9. The summed E-state index contributed by atoms with van der Waals surface area (Å²) in [5, 5.41) is 13.6. The fourth-order valence-corrected chi connectivity index (χ4v) is 3.73. The summed E-state index contributed by atoms with van der Waals surface area (Å²) in [6.45, 7) is 4.19. The molecule has 0 N–H and O–H groups in total. The molecule has 1 heterocycles. The van der Waals surface area contributed by atoms with Crippen molar-refractivity contribution in [2.45, 2.75) is 33.1 Å². The second-order valence-electron chi connectivity index (χ2n) is 7.45. The highest BCUT2D eigenvalue weighted by Gasteiger charge is 2.21. The molecule has 0 fully saturated rings. The molecule has 0 aliphatic rings. The highest BCUT2D eigenvalue weighted by atomic mass is 16.5. The lowest BCUT2D eigenvalue weighted by Crippen LogP contribution is -2.10. The van der Waals surface area contributed by atoms with Gasteiger partial charge < -0.3 is 14.2 Å². The lowest BCUT2D eigenvalue weighted by atomic mass is 9.94. The van der Waals surface area contributed by atoms with E-state index >= 15 is 0 Å². The molecule has 0 saturated carbocycles. The summed E-state index contributed by atoms with van der Waals surface area (Å²) in [6.07, 6.45) is 2.67. The Balaban J connectivity index is 1.88. The topological polar surface area (TPSA) is 88.4 Å². The van der Waals surface area contributed by atoms with Gasteiger partial charge in [0.2, 0.25) is 0 Å². The number of aryl methyl sites for hydroxylation is 1. The van der Waals surface area contributed by atoms with Crippen molar-refractivity contribution in [3.8, 4) is 23.2 Å². The fraction of sp³-hybridized carbons (Fsp3) is 0.280. The van der Waals surface area contributed by atoms with Crippen molar-refractivity contribution in [2.75, 3.05) is 13.7 Å². The number of methoxy groups -OCH3 is 1. The van der Waals surface area contributed by atoms with Crippen LogP contribution in [0.3, 0.4) is 0 Å². The number of carbonyl (C=O) groups is 1. The predicted octanol–water partition coefficient (Wildman–Crippen LogP) is 5.14. The number of hydrogen-bond acceptors (Lipinski definition) is 7. The zero-order valence-electron chi connectivity index (χ0n) is 18.9. The number of fused-ring (bicyclic) bond motifs is 1. The molecule has 170 valence electrons. The molecule has 0 radical (unpaired) electrons. The van der Waals surface area contributed by atoms with Gasteiger partial charge in [0, 0.05) is 5.39 Å². The molecule has 8 nitrogen and oxygen atoms in total. The van der Waals surface area contributed by atoms with Gasteiger partial charge in [-0.15, -0.1) is 0 Å². The highest BCUT2D eigenvalue weighted by Crippen LogP contribution is 2.37. The van der Waals surface area contributed by atoms with E-state index in [-0.39, 0.29) is 18.6 Å². The number of unbranched alkanes of at least 4 members (excludes halogenated alkanes) is 1. The zero-order valence-corrected chi connectivity index (χ0v) is 18.9. The quantitative estimate of drug-likeness (QED) is 0.329. The summed E-state index contributed by atoms with van der Waals surface area (Å²) in [6, 6.07) is 17.1. The monoisotopic (exact) mass is 446 g/mol. The van der Waals surface area contributed by atoms with Crippen LogP contribution < -0.4 is 9.47 Å². The van der Waals surface area contributed by atoms with Gasteiger partial charge in [0.25, 0.3) is 0 Å². The van der Waals surface area contributed by atoms with Crippen molar-refractivity contribution in [2.24, 2.45) is 0 Å². The molecule has 4 aromatic rings. The normalized spacial score (nSPS) is 10.9. The molecule has 33 heavy (non-hydrogen) atoms. The zero-order chi connectivity index (χ0) is 23.2. The van der Waals surface area contributed by atoms with Crippen molar-refractivity contribution >= 4 is 16.7 Å². The molecule has 0 aliphatic carbocycles. The van der Waals surface area contributed by atoms with Gasteiger partial charge in [-0.3, -0.25) is 0 Å². The lowest BCUT2D eigenvalue weighted by molar-refractivity contribution is 0.0525. The molecule has 0 amide bonds. The standard InChI is InChI=1S/C25H26N4O4/c1-4-6-12-19-21-15-18(31-3)13-14-20(21)23(16-22(19)24(30)32-5-2)33-25-26-27-28-29(25)17-10-8-7-9-11-17/h7-11,13-16H,4-6,12H2,1-3H3. The Kier molecular flexibility index (Phi) is 6.83. The Morgan fingerprint density at radius 2 is 1.85 bits per heavy atom. The molecule has 0 unspecified atom stereocenters. The molecular weight excluding hydrogens is 420 g/mol. The van der Waals surface area contributed by atoms with E-state index in [4.69, 9.17) is 14.2 Å². The van der Waals surface area contributed by atoms with Gasteiger partial charge in [0.1, 0.15) is 11.5 Å². The van der Waals surface area contributed by atoms with E-state index in [9.17, 15) is 4.79 Å². The van der Waals surface area contributed by atoms with Gasteiger partial charge in [-0.05, 0) is 77.5 Å². The first-order valence-electron chi connectivity index (χ1n) is 11.0. The van der Waals surface area contributed by atoms with E-state index in [1.165, 1.54) is 4.68 Å². The number of para-hydroxylation sites is 1. The molecule has 0 bridgehead atoms. The van der Waals surface area contributed by atoms with E-state index in [2.05, 4.69) is 22.4 Å². The lowest BCUT2D eigenvalue weighted by Gasteiger charge is -2.17. The summed E-state index contributed by atoms with van der Waals surface area (Å²) in [7, 11) is 1.62. The van der Waals surface area contributed by atoms with Gasteiger partial charge in [-0.1, -0.05) is 36.6 Å². The van der Waals surface area contributed by atoms with Crippen molar-refractivity contribution in [1.29, 1.82) is 0 Å². The first kappa shape index (κ1) is 22.3. The largest absolute Gasteiger partial charge is 0.497 e. The minimum Gasteiger partial charge on any atom is -0.497 e. The van der Waals surface area contributed by atoms with E-state index in [0.717, 1.165) is 41.3 Å². The van der Waals surface area contributed by atoms with Crippen LogP contribution in [0.25, 0.3) is 16.5 Å². The van der Waals surface area contributed by atoms with Gasteiger partial charge in [0.05, 0.1) is 25.0 Å². The average molecular weight is 447 g/mol. The number of ether oxygens (including phenoxy) is 3. The van der Waals surface area contributed by atoms with Crippen LogP contribution in [-0.2, 0) is 11.2 Å². The van der Waals surface area contributed by atoms with Crippen LogP contribution in [0.15, 0.2) is 54.6 Å². The Morgan fingerprint density at radius 3 is 2.58 bits per heavy atom. The predicted molar refractivity (Wildman–Crippen MR) is 124 cm³/mol. The van der Waals surface area contributed by atoms with Crippen LogP contribution in [0, 0.1) is 0 Å². The van der Waals surface area contributed by atoms with Gasteiger partial charge in [-0.2, -0.15) is 4.68 Å². The molecule has 3 aromatic carbocycles. The molecule has 4 rings (SSSR count). The van der Waals surface area contributed by atoms with Crippen molar-refractivity contribution in [1.82, 2.24) is 20.2 Å². The Bertz CT molecular complexity index is 1250. The average Bonchev–Trinajstić information content (AvgIpc) is 3.31. The summed E-state index contributed by atoms with van der Waals surface area (Å²) in [5.74, 6) is 0.769. The number of carbonyl (C=O) groups excluding carboxylic acids is 1. The van der Waals surface area contributed by atoms with E-state index in [1.54, 1.807) is 20.1 Å². The van der Waals surface area contributed by atoms with E-state index in [1.807, 2.05) is 48.5 Å². The van der Waals surface area contributed by atoms with E-state index < -0.39 is 0 Å². The van der Waals surface area contributed by atoms with Crippen LogP contribution in [-0.4, -0.2) is 39.9 Å². The van der Waals surface area contributed by atoms with Crippen LogP contribution in [0.1, 0.15) is 42.6 Å². The van der Waals surface area contributed by atoms with Crippen LogP contribution in [0.5, 0.6) is 17.5 Å². The third-order valence-corrected chi connectivity index (χ3v) is 5.34. The third-order valence-electron chi connectivity index (χ3n) is 5.34. The van der Waals surface area contributed by atoms with Crippen LogP contribution in [0.4, 0.5) is 0 Å². The fourth-order valence-electron chi connectivity index (χ4n) is 3.73. The number of tetrazole rings is 1. The molecule has 0 atom stereocenters. The molecule has 8 heteroatoms. The number of rotatable bonds is 9. The van der Waals surface area contributed by atoms with Gasteiger partial charge in [-0.25, -0.2) is 4.79 Å². The number of aromatic nitrogens is 4. The number of nitrogens with zero attached hydrogens (tertiary/aromatic N) is 4. The molecular formula is C25H26N4O4. The minimum absolute atomic E-state index is 0.189. The summed E-state index contributed by atoms with van der Waals surface area (Å²) in [5.41, 5.74) is 2.15. The van der Waals surface area contributed by atoms with Crippen LogP contribution in [0.2, 0.25) is 0 Å². The first-order chi connectivity index (χ1) is 16.2. The van der Waals surface area contributed by atoms with Crippen molar-refractivity contribution in [3.05, 3.63) is 65.7 Å². The molecule has 1 aromatic heterocycles. The Hall–Kier alpha value is -3.94. The maximum Gasteiger partial charge on any atom is 0.345 e. The highest BCUT2D eigenvalue weighted by molar-refractivity contribution is 6.02. The SMILES string of the molecule is CCCCc1c(C(=O)OCC)cc(Oc2nnnn2-c2ccccc2)c2ccc(OC)cc12. The molecule has 0 saturated heterocycles. The van der Waals surface area contributed by atoms with Crippen molar-refractivity contribution < 1.29 is 19.0 Å². The number of esters is 1. The second-order valence-corrected chi connectivity index (χ2v) is 7.45. The molecule has 0 spiro atoms. The Labute approximate surface area is 192 Å². The minimum atomic E-state index is -0.388. The smallest absolute Gasteiger partial charge is 0.345 e. The maximum absolute atomic E-state index is 12.9. The van der Waals surface area contributed by atoms with Crippen molar-refractivity contribution in [3.63, 3.8) is 0 Å². The summed E-state index contributed by atoms with van der Waals surface area (Å²) >= 11 is 0. The van der Waals surface area contributed by atoms with E-state index in [0.29, 0.717) is 17.1 Å². The first-order valence-corrected chi connectivity index (χ1v) is 11.0. The second kappa shape index (κ2) is 10.1. The summed E-state index contributed by atoms with van der Waals surface area (Å²) in [4.78, 5) is 12.9. The van der Waals surface area contributed by atoms with Gasteiger partial charge in [0.15, 0.2) is 0 Å². The Morgan fingerprint density at radius 1 is 1.03 bits per heavy atom. The molecule has 0 aliphatic heterocycles. The third kappa shape index (κ3) is 4.64. The number of hydrogen-bond donors (Lipinski definition) is 0.